The third-order valence-corrected chi connectivity index (χ3v) is 9.88. The van der Waals surface area contributed by atoms with Crippen LogP contribution in [0.3, 0.4) is 0 Å². The summed E-state index contributed by atoms with van der Waals surface area (Å²) in [4.78, 5) is 95.5. The largest absolute Gasteiger partial charge is 0.449 e. The first kappa shape index (κ1) is 39.3. The van der Waals surface area contributed by atoms with Gasteiger partial charge in [-0.2, -0.15) is 0 Å². The van der Waals surface area contributed by atoms with Crippen LogP contribution < -0.4 is 21.3 Å². The van der Waals surface area contributed by atoms with Gasteiger partial charge >= 0.3 is 6.09 Å². The van der Waals surface area contributed by atoms with Crippen molar-refractivity contribution >= 4 is 41.4 Å². The molecule has 6 atom stereocenters. The average Bonchev–Trinajstić information content (AvgIpc) is 3.78. The normalized spacial score (nSPS) is 21.4. The molecule has 1 aromatic carbocycles. The molecule has 3 fully saturated rings. The van der Waals surface area contributed by atoms with Crippen molar-refractivity contribution in [3.05, 3.63) is 35.9 Å². The van der Waals surface area contributed by atoms with Gasteiger partial charge in [0.2, 0.25) is 29.4 Å². The molecule has 14 heteroatoms. The van der Waals surface area contributed by atoms with Gasteiger partial charge in [-0.05, 0) is 54.9 Å². The second-order valence-electron chi connectivity index (χ2n) is 14.6. The molecule has 0 bridgehead atoms. The Balaban J connectivity index is 1.39. The monoisotopic (exact) mass is 710 g/mol. The Morgan fingerprint density at radius 3 is 2.25 bits per heavy atom. The fourth-order valence-electron chi connectivity index (χ4n) is 7.09. The van der Waals surface area contributed by atoms with Crippen LogP contribution in [0.25, 0.3) is 0 Å². The van der Waals surface area contributed by atoms with Crippen molar-refractivity contribution in [2.45, 2.75) is 96.3 Å². The smallest absolute Gasteiger partial charge is 0.407 e. The molecule has 280 valence electrons. The van der Waals surface area contributed by atoms with Crippen LogP contribution in [-0.2, 0) is 33.5 Å². The molecule has 4 N–H and O–H groups in total. The van der Waals surface area contributed by atoms with E-state index in [9.17, 15) is 33.6 Å². The lowest BCUT2D eigenvalue weighted by Crippen LogP contribution is -2.59. The summed E-state index contributed by atoms with van der Waals surface area (Å²) >= 11 is 0. The van der Waals surface area contributed by atoms with E-state index in [-0.39, 0.29) is 48.5 Å². The zero-order valence-corrected chi connectivity index (χ0v) is 30.4. The van der Waals surface area contributed by atoms with Gasteiger partial charge in [-0.1, -0.05) is 76.8 Å². The van der Waals surface area contributed by atoms with Crippen molar-refractivity contribution in [2.24, 2.45) is 23.7 Å². The first-order valence-corrected chi connectivity index (χ1v) is 18.2. The van der Waals surface area contributed by atoms with Gasteiger partial charge < -0.3 is 35.8 Å². The highest BCUT2D eigenvalue weighted by Gasteiger charge is 2.58. The molecule has 1 unspecified atom stereocenters. The topological polar surface area (TPSA) is 183 Å². The summed E-state index contributed by atoms with van der Waals surface area (Å²) in [5.41, 5.74) is 0.557. The van der Waals surface area contributed by atoms with Gasteiger partial charge in [0.1, 0.15) is 18.1 Å². The lowest BCUT2D eigenvalue weighted by molar-refractivity contribution is -0.144. The highest BCUT2D eigenvalue weighted by atomic mass is 16.5. The number of hydrogen-bond donors (Lipinski definition) is 4. The van der Waals surface area contributed by atoms with Crippen LogP contribution in [0.15, 0.2) is 30.3 Å². The number of carbonyl (C=O) groups excluding carboxylic acids is 7. The molecule has 1 heterocycles. The number of benzene rings is 1. The highest BCUT2D eigenvalue weighted by Crippen LogP contribution is 2.50. The molecular weight excluding hydrogens is 656 g/mol. The Hall–Kier alpha value is -4.49. The molecule has 6 amide bonds. The summed E-state index contributed by atoms with van der Waals surface area (Å²) in [7, 11) is 3.13. The number of ether oxygens (including phenoxy) is 1. The van der Waals surface area contributed by atoms with E-state index in [1.165, 1.54) is 9.80 Å². The van der Waals surface area contributed by atoms with E-state index in [1.807, 2.05) is 20.8 Å². The number of rotatable bonds is 16. The number of fused-ring (bicyclic) bond motifs is 1. The number of nitrogens with zero attached hydrogens (tertiary/aromatic N) is 2. The van der Waals surface area contributed by atoms with Crippen LogP contribution in [0, 0.1) is 23.7 Å². The van der Waals surface area contributed by atoms with Crippen molar-refractivity contribution in [3.8, 4) is 0 Å². The van der Waals surface area contributed by atoms with Crippen LogP contribution in [0.2, 0.25) is 0 Å². The predicted molar refractivity (Wildman–Crippen MR) is 188 cm³/mol. The van der Waals surface area contributed by atoms with Gasteiger partial charge in [-0.3, -0.25) is 28.8 Å². The number of Topliss-reactive ketones (excluding diaryl/α,β-unsaturated/α-hetero) is 1. The zero-order chi connectivity index (χ0) is 37.2. The minimum atomic E-state index is -1.18. The quantitative estimate of drug-likeness (QED) is 0.188. The van der Waals surface area contributed by atoms with E-state index in [0.29, 0.717) is 18.5 Å². The van der Waals surface area contributed by atoms with E-state index in [4.69, 9.17) is 4.74 Å². The molecule has 3 aliphatic rings. The minimum absolute atomic E-state index is 0.0776. The van der Waals surface area contributed by atoms with Crippen LogP contribution in [-0.4, -0.2) is 103 Å². The van der Waals surface area contributed by atoms with E-state index in [2.05, 4.69) is 21.3 Å². The Bertz CT molecular complexity index is 1430. The first-order chi connectivity index (χ1) is 24.3. The zero-order valence-electron chi connectivity index (χ0n) is 30.4. The van der Waals surface area contributed by atoms with Crippen molar-refractivity contribution in [3.63, 3.8) is 0 Å². The Morgan fingerprint density at radius 1 is 0.941 bits per heavy atom. The minimum Gasteiger partial charge on any atom is -0.449 e. The van der Waals surface area contributed by atoms with E-state index in [0.717, 1.165) is 38.5 Å². The summed E-state index contributed by atoms with van der Waals surface area (Å²) in [5, 5.41) is 10.5. The third-order valence-electron chi connectivity index (χ3n) is 9.88. The fourth-order valence-corrected chi connectivity index (χ4v) is 7.09. The Morgan fingerprint density at radius 2 is 1.63 bits per heavy atom. The molecule has 0 spiro atoms. The lowest BCUT2D eigenvalue weighted by atomic mass is 9.83. The van der Waals surface area contributed by atoms with Gasteiger partial charge in [0.05, 0.1) is 19.2 Å². The molecule has 0 radical (unpaired) electrons. The summed E-state index contributed by atoms with van der Waals surface area (Å²) < 4.78 is 5.35. The number of carbonyl (C=O) groups is 7. The molecule has 14 nitrogen and oxygen atoms in total. The van der Waals surface area contributed by atoms with Gasteiger partial charge in [0.25, 0.3) is 5.91 Å². The molecule has 51 heavy (non-hydrogen) atoms. The van der Waals surface area contributed by atoms with Gasteiger partial charge in [0.15, 0.2) is 0 Å². The molecule has 1 aliphatic heterocycles. The second kappa shape index (κ2) is 18.1. The van der Waals surface area contributed by atoms with Crippen LogP contribution >= 0.6 is 0 Å². The number of alkyl carbamates (subject to hydrolysis) is 1. The number of ketones is 1. The molecular formula is C37H54N6O8. The number of amides is 6. The lowest BCUT2D eigenvalue weighted by Gasteiger charge is -2.35. The number of hydrogen-bond acceptors (Lipinski definition) is 8. The standard InChI is InChI=1S/C37H54N6O8/c1-6-13-27(32(45)34(47)38-19-28(44)40-29(35(48)42(4)5)23-14-9-7-10-15-23)39-33(46)31-26-18-25(26)20-43(31)36(49)30(24-16-11-8-12-17-24)41-37(50)51-21-22(2)3/h7,9-10,14-15,22,24-27,29-31H,6,8,11-13,16-21H2,1-5H3,(H,38,47)(H,39,46)(H,40,44)(H,41,50)/t25-,26+,27-,29?,30+,31+/m1/s1. The number of piperidine rings is 1. The predicted octanol–water partition coefficient (Wildman–Crippen LogP) is 2.08. The van der Waals surface area contributed by atoms with E-state index in [1.54, 1.807) is 44.4 Å². The van der Waals surface area contributed by atoms with Gasteiger partial charge in [-0.15, -0.1) is 0 Å². The molecule has 1 saturated heterocycles. The van der Waals surface area contributed by atoms with Crippen molar-refractivity contribution in [2.75, 3.05) is 33.8 Å². The fraction of sp³-hybridized carbons (Fsp3) is 0.649. The van der Waals surface area contributed by atoms with Crippen molar-refractivity contribution < 1.29 is 38.3 Å². The maximum absolute atomic E-state index is 14.1. The van der Waals surface area contributed by atoms with E-state index < -0.39 is 60.3 Å². The highest BCUT2D eigenvalue weighted by molar-refractivity contribution is 6.38. The molecule has 2 saturated carbocycles. The summed E-state index contributed by atoms with van der Waals surface area (Å²) in [6, 6.07) is 4.81. The maximum atomic E-state index is 14.1. The van der Waals surface area contributed by atoms with Crippen LogP contribution in [0.5, 0.6) is 0 Å². The summed E-state index contributed by atoms with van der Waals surface area (Å²) in [5.74, 6) is -3.76. The third kappa shape index (κ3) is 10.5. The van der Waals surface area contributed by atoms with Crippen molar-refractivity contribution in [1.82, 2.24) is 31.1 Å². The molecule has 2 aliphatic carbocycles. The summed E-state index contributed by atoms with van der Waals surface area (Å²) in [6.45, 7) is 5.68. The SMILES string of the molecule is CCC[C@@H](NC(=O)[C@@H]1[C@H]2C[C@@H]2CN1C(=O)[C@@H](NC(=O)OCC(C)C)C1CCCCC1)C(=O)C(=O)NCC(=O)NC(C(=O)N(C)C)c1ccccc1. The second-order valence-corrected chi connectivity index (χ2v) is 14.6. The maximum Gasteiger partial charge on any atom is 0.407 e. The Kier molecular flexibility index (Phi) is 14.0. The molecule has 0 aromatic heterocycles. The summed E-state index contributed by atoms with van der Waals surface area (Å²) in [6.07, 6.45) is 5.24. The van der Waals surface area contributed by atoms with Crippen LogP contribution in [0.4, 0.5) is 4.79 Å². The Labute approximate surface area is 300 Å². The average molecular weight is 711 g/mol. The number of likely N-dealkylation sites (N-methyl/N-ethyl adjacent to an activating group) is 1. The number of likely N-dealkylation sites (tertiary alicyclic amines) is 1. The molecule has 4 rings (SSSR count). The van der Waals surface area contributed by atoms with Gasteiger partial charge in [0, 0.05) is 20.6 Å². The van der Waals surface area contributed by atoms with Crippen molar-refractivity contribution in [1.29, 1.82) is 0 Å². The molecule has 1 aromatic rings. The number of nitrogens with one attached hydrogen (secondary N) is 4. The van der Waals surface area contributed by atoms with Crippen LogP contribution in [0.1, 0.15) is 83.7 Å². The first-order valence-electron chi connectivity index (χ1n) is 18.2. The van der Waals surface area contributed by atoms with Gasteiger partial charge in [-0.25, -0.2) is 4.79 Å². The van der Waals surface area contributed by atoms with E-state index >= 15 is 0 Å².